The topological polar surface area (TPSA) is 102 Å². The van der Waals surface area contributed by atoms with Gasteiger partial charge in [-0.15, -0.1) is 0 Å². The largest absolute Gasteiger partial charge is 0.496 e. The van der Waals surface area contributed by atoms with Gasteiger partial charge in [0, 0.05) is 18.7 Å². The summed E-state index contributed by atoms with van der Waals surface area (Å²) in [5.74, 6) is -0.201. The number of nitro benzene ring substituents is 1. The van der Waals surface area contributed by atoms with Crippen molar-refractivity contribution < 1.29 is 19.6 Å². The number of nitro groups is 1. The first kappa shape index (κ1) is 15.9. The molecular formula is C13H18N2O5. The third-order valence-electron chi connectivity index (χ3n) is 2.81. The monoisotopic (exact) mass is 282 g/mol. The Hall–Kier alpha value is -2.15. The van der Waals surface area contributed by atoms with Gasteiger partial charge in [0.15, 0.2) is 0 Å². The van der Waals surface area contributed by atoms with Crippen LogP contribution in [0.5, 0.6) is 5.75 Å². The maximum Gasteiger partial charge on any atom is 0.273 e. The summed E-state index contributed by atoms with van der Waals surface area (Å²) in [6.45, 7) is 1.90. The molecule has 1 unspecified atom stereocenters. The van der Waals surface area contributed by atoms with Gasteiger partial charge in [-0.3, -0.25) is 14.9 Å². The second kappa shape index (κ2) is 7.44. The summed E-state index contributed by atoms with van der Waals surface area (Å²) in [4.78, 5) is 22.2. The Morgan fingerprint density at radius 2 is 2.25 bits per heavy atom. The van der Waals surface area contributed by atoms with E-state index in [1.54, 1.807) is 0 Å². The Balaban J connectivity index is 2.84. The first-order chi connectivity index (χ1) is 9.49. The number of nitrogens with zero attached hydrogens (tertiary/aromatic N) is 1. The lowest BCUT2D eigenvalue weighted by Gasteiger charge is -2.14. The standard InChI is InChI=1S/C13H18N2O5/c1-9(4-3-7-16)14-13(17)11-6-5-10(15(18)19)8-12(11)20-2/h5-6,8-9,16H,3-4,7H2,1-2H3,(H,14,17). The molecule has 0 bridgehead atoms. The lowest BCUT2D eigenvalue weighted by Crippen LogP contribution is -2.32. The molecule has 1 aromatic rings. The zero-order chi connectivity index (χ0) is 15.1. The Morgan fingerprint density at radius 1 is 1.55 bits per heavy atom. The third kappa shape index (κ3) is 4.20. The fraction of sp³-hybridized carbons (Fsp3) is 0.462. The number of aliphatic hydroxyl groups excluding tert-OH is 1. The van der Waals surface area contributed by atoms with Gasteiger partial charge in [0.2, 0.25) is 0 Å². The molecule has 1 amide bonds. The fourth-order valence-corrected chi connectivity index (χ4v) is 1.75. The molecule has 20 heavy (non-hydrogen) atoms. The maximum atomic E-state index is 12.1. The van der Waals surface area contributed by atoms with E-state index in [0.717, 1.165) is 0 Å². The van der Waals surface area contributed by atoms with Crippen LogP contribution in [0.2, 0.25) is 0 Å². The van der Waals surface area contributed by atoms with E-state index < -0.39 is 4.92 Å². The third-order valence-corrected chi connectivity index (χ3v) is 2.81. The number of ether oxygens (including phenoxy) is 1. The lowest BCUT2D eigenvalue weighted by atomic mass is 10.1. The van der Waals surface area contributed by atoms with Crippen LogP contribution in [0.4, 0.5) is 5.69 Å². The highest BCUT2D eigenvalue weighted by Gasteiger charge is 2.17. The molecule has 0 radical (unpaired) electrons. The molecule has 0 saturated carbocycles. The number of carbonyl (C=O) groups is 1. The van der Waals surface area contributed by atoms with Crippen LogP contribution in [-0.2, 0) is 0 Å². The van der Waals surface area contributed by atoms with Crippen molar-refractivity contribution >= 4 is 11.6 Å². The minimum Gasteiger partial charge on any atom is -0.496 e. The molecule has 0 fully saturated rings. The summed E-state index contributed by atoms with van der Waals surface area (Å²) < 4.78 is 5.01. The van der Waals surface area contributed by atoms with E-state index in [1.165, 1.54) is 25.3 Å². The lowest BCUT2D eigenvalue weighted by molar-refractivity contribution is -0.384. The number of hydrogen-bond acceptors (Lipinski definition) is 5. The summed E-state index contributed by atoms with van der Waals surface area (Å²) in [5.41, 5.74) is 0.112. The summed E-state index contributed by atoms with van der Waals surface area (Å²) in [6.07, 6.45) is 1.25. The molecule has 0 heterocycles. The normalized spacial score (nSPS) is 11.8. The molecule has 7 nitrogen and oxygen atoms in total. The highest BCUT2D eigenvalue weighted by molar-refractivity contribution is 5.97. The van der Waals surface area contributed by atoms with Crippen molar-refractivity contribution in [1.82, 2.24) is 5.32 Å². The van der Waals surface area contributed by atoms with Gasteiger partial charge in [-0.05, 0) is 25.8 Å². The summed E-state index contributed by atoms with van der Waals surface area (Å²) in [7, 11) is 1.35. The first-order valence-electron chi connectivity index (χ1n) is 6.23. The predicted molar refractivity (Wildman–Crippen MR) is 72.9 cm³/mol. The van der Waals surface area contributed by atoms with Gasteiger partial charge in [-0.1, -0.05) is 0 Å². The second-order valence-corrected chi connectivity index (χ2v) is 4.38. The van der Waals surface area contributed by atoms with Crippen LogP contribution in [0.15, 0.2) is 18.2 Å². The number of non-ortho nitro benzene ring substituents is 1. The van der Waals surface area contributed by atoms with E-state index >= 15 is 0 Å². The number of amides is 1. The van der Waals surface area contributed by atoms with Crippen molar-refractivity contribution in [3.8, 4) is 5.75 Å². The first-order valence-corrected chi connectivity index (χ1v) is 6.23. The van der Waals surface area contributed by atoms with Crippen molar-refractivity contribution in [2.45, 2.75) is 25.8 Å². The summed E-state index contributed by atoms with van der Waals surface area (Å²) >= 11 is 0. The van der Waals surface area contributed by atoms with Crippen LogP contribution in [0.1, 0.15) is 30.1 Å². The van der Waals surface area contributed by atoms with Gasteiger partial charge in [-0.25, -0.2) is 0 Å². The molecular weight excluding hydrogens is 264 g/mol. The van der Waals surface area contributed by atoms with Crippen LogP contribution in [-0.4, -0.2) is 35.7 Å². The number of benzene rings is 1. The number of carbonyl (C=O) groups excluding carboxylic acids is 1. The van der Waals surface area contributed by atoms with Gasteiger partial charge in [0.05, 0.1) is 23.7 Å². The van der Waals surface area contributed by atoms with Crippen molar-refractivity contribution in [1.29, 1.82) is 0 Å². The minimum atomic E-state index is -0.548. The smallest absolute Gasteiger partial charge is 0.273 e. The van der Waals surface area contributed by atoms with Crippen LogP contribution < -0.4 is 10.1 Å². The number of nitrogens with one attached hydrogen (secondary N) is 1. The molecule has 0 aliphatic heterocycles. The average Bonchev–Trinajstić information content (AvgIpc) is 2.44. The zero-order valence-electron chi connectivity index (χ0n) is 11.5. The molecule has 110 valence electrons. The highest BCUT2D eigenvalue weighted by atomic mass is 16.6. The molecule has 0 aliphatic rings. The van der Waals surface area contributed by atoms with E-state index in [0.29, 0.717) is 12.8 Å². The molecule has 0 aromatic heterocycles. The molecule has 7 heteroatoms. The predicted octanol–water partition coefficient (Wildman–Crippen LogP) is 1.49. The number of rotatable bonds is 7. The van der Waals surface area contributed by atoms with Gasteiger partial charge in [0.25, 0.3) is 11.6 Å². The van der Waals surface area contributed by atoms with E-state index in [2.05, 4.69) is 5.32 Å². The second-order valence-electron chi connectivity index (χ2n) is 4.38. The van der Waals surface area contributed by atoms with Crippen molar-refractivity contribution in [3.05, 3.63) is 33.9 Å². The van der Waals surface area contributed by atoms with Gasteiger partial charge < -0.3 is 15.2 Å². The molecule has 2 N–H and O–H groups in total. The number of methoxy groups -OCH3 is 1. The highest BCUT2D eigenvalue weighted by Crippen LogP contribution is 2.24. The quantitative estimate of drug-likeness (QED) is 0.582. The van der Waals surface area contributed by atoms with E-state index in [4.69, 9.17) is 9.84 Å². The Bertz CT molecular complexity index is 490. The van der Waals surface area contributed by atoms with Gasteiger partial charge in [-0.2, -0.15) is 0 Å². The Morgan fingerprint density at radius 3 is 2.80 bits per heavy atom. The summed E-state index contributed by atoms with van der Waals surface area (Å²) in [5, 5.41) is 22.2. The van der Waals surface area contributed by atoms with Crippen molar-refractivity contribution in [2.75, 3.05) is 13.7 Å². The Kier molecular flexibility index (Phi) is 5.92. The molecule has 1 aromatic carbocycles. The number of hydrogen-bond donors (Lipinski definition) is 2. The Labute approximate surface area is 116 Å². The SMILES string of the molecule is COc1cc([N+](=O)[O-])ccc1C(=O)NC(C)CCCO. The maximum absolute atomic E-state index is 12.1. The summed E-state index contributed by atoms with van der Waals surface area (Å²) in [6, 6.07) is 3.74. The molecule has 1 atom stereocenters. The molecule has 0 saturated heterocycles. The van der Waals surface area contributed by atoms with Crippen molar-refractivity contribution in [3.63, 3.8) is 0 Å². The van der Waals surface area contributed by atoms with Gasteiger partial charge in [0.1, 0.15) is 5.75 Å². The van der Waals surface area contributed by atoms with Crippen LogP contribution in [0.25, 0.3) is 0 Å². The fourth-order valence-electron chi connectivity index (χ4n) is 1.75. The van der Waals surface area contributed by atoms with Gasteiger partial charge >= 0.3 is 0 Å². The van der Waals surface area contributed by atoms with E-state index in [1.807, 2.05) is 6.92 Å². The zero-order valence-corrected chi connectivity index (χ0v) is 11.5. The van der Waals surface area contributed by atoms with E-state index in [9.17, 15) is 14.9 Å². The van der Waals surface area contributed by atoms with Crippen LogP contribution in [0.3, 0.4) is 0 Å². The molecule has 0 spiro atoms. The van der Waals surface area contributed by atoms with Crippen molar-refractivity contribution in [2.24, 2.45) is 0 Å². The average molecular weight is 282 g/mol. The van der Waals surface area contributed by atoms with Crippen LogP contribution in [0, 0.1) is 10.1 Å². The minimum absolute atomic E-state index is 0.0705. The molecule has 0 aliphatic carbocycles. The molecule has 1 rings (SSSR count). The van der Waals surface area contributed by atoms with E-state index in [-0.39, 0.29) is 35.6 Å². The number of aliphatic hydroxyl groups is 1. The van der Waals surface area contributed by atoms with Crippen LogP contribution >= 0.6 is 0 Å².